The molecule has 1 aromatic rings. The number of halogens is 1. The first kappa shape index (κ1) is 22.1. The number of amides is 1. The Morgan fingerprint density at radius 1 is 1.32 bits per heavy atom. The quantitative estimate of drug-likeness (QED) is 0.650. The van der Waals surface area contributed by atoms with Gasteiger partial charge in [-0.2, -0.15) is 5.26 Å². The van der Waals surface area contributed by atoms with E-state index < -0.39 is 0 Å². The van der Waals surface area contributed by atoms with Crippen molar-refractivity contribution in [1.29, 1.82) is 5.26 Å². The Balaban J connectivity index is 2.01. The first-order valence-corrected chi connectivity index (χ1v) is 9.90. The van der Waals surface area contributed by atoms with Crippen LogP contribution in [-0.2, 0) is 4.79 Å². The zero-order valence-electron chi connectivity index (χ0n) is 16.9. The molecule has 0 aromatic heterocycles. The number of methoxy groups -OCH3 is 1. The highest BCUT2D eigenvalue weighted by atomic mass is 35.5. The van der Waals surface area contributed by atoms with Crippen LogP contribution >= 0.6 is 11.6 Å². The predicted molar refractivity (Wildman–Crippen MR) is 111 cm³/mol. The second-order valence-electron chi connectivity index (χ2n) is 6.98. The molecule has 0 spiro atoms. The van der Waals surface area contributed by atoms with Crippen molar-refractivity contribution in [2.75, 3.05) is 39.9 Å². The minimum Gasteiger partial charge on any atom is -0.493 e. The van der Waals surface area contributed by atoms with Crippen LogP contribution < -0.4 is 9.47 Å². The van der Waals surface area contributed by atoms with Gasteiger partial charge in [-0.3, -0.25) is 9.69 Å². The Kier molecular flexibility index (Phi) is 8.16. The maximum absolute atomic E-state index is 12.5. The number of benzene rings is 1. The van der Waals surface area contributed by atoms with Crippen molar-refractivity contribution in [2.45, 2.75) is 26.8 Å². The summed E-state index contributed by atoms with van der Waals surface area (Å²) < 4.78 is 10.8. The van der Waals surface area contributed by atoms with Gasteiger partial charge >= 0.3 is 0 Å². The fourth-order valence-electron chi connectivity index (χ4n) is 3.27. The van der Waals surface area contributed by atoms with Crippen LogP contribution in [0.3, 0.4) is 0 Å². The van der Waals surface area contributed by atoms with Crippen molar-refractivity contribution >= 4 is 23.6 Å². The lowest BCUT2D eigenvalue weighted by atomic mass is 10.0. The Hall–Kier alpha value is -2.23. The summed E-state index contributed by atoms with van der Waals surface area (Å²) in [4.78, 5) is 16.5. The average Bonchev–Trinajstić information content (AvgIpc) is 2.68. The highest BCUT2D eigenvalue weighted by Crippen LogP contribution is 2.36. The molecule has 1 unspecified atom stereocenters. The normalized spacial score (nSPS) is 16.2. The summed E-state index contributed by atoms with van der Waals surface area (Å²) in [6.45, 7) is 9.09. The lowest BCUT2D eigenvalue weighted by Gasteiger charge is -2.37. The average molecular weight is 406 g/mol. The molecular weight excluding hydrogens is 378 g/mol. The zero-order chi connectivity index (χ0) is 20.7. The Bertz CT molecular complexity index is 750. The van der Waals surface area contributed by atoms with Crippen molar-refractivity contribution in [2.24, 2.45) is 5.92 Å². The van der Waals surface area contributed by atoms with Gasteiger partial charge in [0.25, 0.3) is 0 Å². The summed E-state index contributed by atoms with van der Waals surface area (Å²) in [5, 5.41) is 9.78. The Labute approximate surface area is 172 Å². The van der Waals surface area contributed by atoms with Crippen LogP contribution in [-0.4, -0.2) is 61.6 Å². The fraction of sp³-hybridized carbons (Fsp3) is 0.524. The van der Waals surface area contributed by atoms with E-state index >= 15 is 0 Å². The number of carbonyl (C=O) groups excluding carboxylic acids is 1. The van der Waals surface area contributed by atoms with Gasteiger partial charge in [-0.15, -0.1) is 0 Å². The molecular formula is C21H28ClN3O3. The van der Waals surface area contributed by atoms with Crippen LogP contribution in [0.4, 0.5) is 0 Å². The summed E-state index contributed by atoms with van der Waals surface area (Å²) >= 11 is 6.27. The van der Waals surface area contributed by atoms with E-state index in [0.29, 0.717) is 49.3 Å². The van der Waals surface area contributed by atoms with Gasteiger partial charge in [-0.25, -0.2) is 0 Å². The maximum atomic E-state index is 12.5. The molecule has 1 heterocycles. The third-order valence-corrected chi connectivity index (χ3v) is 5.02. The number of carbonyl (C=O) groups is 1. The van der Waals surface area contributed by atoms with E-state index in [2.05, 4.69) is 11.0 Å². The van der Waals surface area contributed by atoms with Gasteiger partial charge in [0.05, 0.1) is 24.8 Å². The van der Waals surface area contributed by atoms with E-state index in [-0.39, 0.29) is 17.9 Å². The lowest BCUT2D eigenvalue weighted by molar-refractivity contribution is -0.127. The molecule has 0 radical (unpaired) electrons. The van der Waals surface area contributed by atoms with E-state index in [1.807, 2.05) is 20.8 Å². The summed E-state index contributed by atoms with van der Waals surface area (Å²) in [5.74, 6) is 1.25. The molecule has 0 aliphatic carbocycles. The number of hydrogen-bond donors (Lipinski definition) is 0. The van der Waals surface area contributed by atoms with Crippen molar-refractivity contribution in [1.82, 2.24) is 9.80 Å². The molecule has 6 nitrogen and oxygen atoms in total. The standard InChI is InChI=1S/C21H28ClN3O3/c1-5-28-21-17(22)12-16(13-19(21)27-4)6-7-20(26)25-10-8-24(9-11-25)18(14-23)15(2)3/h6-7,12-13,15,18H,5,8-11H2,1-4H3/b7-6+. The van der Waals surface area contributed by atoms with Crippen LogP contribution in [0.5, 0.6) is 11.5 Å². The summed E-state index contributed by atoms with van der Waals surface area (Å²) in [6.07, 6.45) is 3.27. The van der Waals surface area contributed by atoms with E-state index in [1.54, 1.807) is 36.3 Å². The molecule has 1 atom stereocenters. The van der Waals surface area contributed by atoms with E-state index in [9.17, 15) is 10.1 Å². The molecule has 7 heteroatoms. The second kappa shape index (κ2) is 10.4. The molecule has 0 N–H and O–H groups in total. The molecule has 1 aliphatic heterocycles. The highest BCUT2D eigenvalue weighted by molar-refractivity contribution is 6.32. The highest BCUT2D eigenvalue weighted by Gasteiger charge is 2.27. The van der Waals surface area contributed by atoms with Crippen LogP contribution in [0.1, 0.15) is 26.3 Å². The van der Waals surface area contributed by atoms with Crippen molar-refractivity contribution in [3.05, 3.63) is 28.8 Å². The predicted octanol–water partition coefficient (Wildman–Crippen LogP) is 3.45. The number of piperazine rings is 1. The van der Waals surface area contributed by atoms with Crippen molar-refractivity contribution < 1.29 is 14.3 Å². The smallest absolute Gasteiger partial charge is 0.246 e. The number of nitrogens with zero attached hydrogens (tertiary/aromatic N) is 3. The third-order valence-electron chi connectivity index (χ3n) is 4.74. The molecule has 1 aliphatic rings. The molecule has 1 fully saturated rings. The minimum absolute atomic E-state index is 0.0540. The topological polar surface area (TPSA) is 65.8 Å². The summed E-state index contributed by atoms with van der Waals surface area (Å²) in [6, 6.07) is 5.80. The van der Waals surface area contributed by atoms with Gasteiger partial charge in [0.1, 0.15) is 6.04 Å². The van der Waals surface area contributed by atoms with Crippen molar-refractivity contribution in [3.63, 3.8) is 0 Å². The zero-order valence-corrected chi connectivity index (χ0v) is 17.7. The first-order chi connectivity index (χ1) is 13.4. The Morgan fingerprint density at radius 3 is 2.54 bits per heavy atom. The molecule has 1 aromatic carbocycles. The Morgan fingerprint density at radius 2 is 2.00 bits per heavy atom. The lowest BCUT2D eigenvalue weighted by Crippen LogP contribution is -2.52. The van der Waals surface area contributed by atoms with Gasteiger partial charge in [0, 0.05) is 32.3 Å². The summed E-state index contributed by atoms with van der Waals surface area (Å²) in [5.41, 5.74) is 0.765. The monoisotopic (exact) mass is 405 g/mol. The van der Waals surface area contributed by atoms with Crippen LogP contribution in [0.15, 0.2) is 18.2 Å². The molecule has 0 saturated carbocycles. The SMILES string of the molecule is CCOc1c(Cl)cc(/C=C/C(=O)N2CCN(C(C#N)C(C)C)CC2)cc1OC. The minimum atomic E-state index is -0.105. The van der Waals surface area contributed by atoms with Gasteiger partial charge < -0.3 is 14.4 Å². The van der Waals surface area contributed by atoms with E-state index in [0.717, 1.165) is 5.56 Å². The summed E-state index contributed by atoms with van der Waals surface area (Å²) in [7, 11) is 1.55. The van der Waals surface area contributed by atoms with Crippen LogP contribution in [0, 0.1) is 17.2 Å². The first-order valence-electron chi connectivity index (χ1n) is 9.52. The molecule has 1 saturated heterocycles. The number of nitriles is 1. The maximum Gasteiger partial charge on any atom is 0.246 e. The van der Waals surface area contributed by atoms with Gasteiger partial charge in [0.2, 0.25) is 5.91 Å². The largest absolute Gasteiger partial charge is 0.493 e. The van der Waals surface area contributed by atoms with Crippen molar-refractivity contribution in [3.8, 4) is 17.6 Å². The van der Waals surface area contributed by atoms with Gasteiger partial charge in [-0.05, 0) is 36.6 Å². The fourth-order valence-corrected chi connectivity index (χ4v) is 3.54. The van der Waals surface area contributed by atoms with Crippen LogP contribution in [0.2, 0.25) is 5.02 Å². The molecule has 0 bridgehead atoms. The number of ether oxygens (including phenoxy) is 2. The number of rotatable bonds is 7. The molecule has 152 valence electrons. The molecule has 1 amide bonds. The van der Waals surface area contributed by atoms with Gasteiger partial charge in [0.15, 0.2) is 11.5 Å². The van der Waals surface area contributed by atoms with E-state index in [4.69, 9.17) is 21.1 Å². The molecule has 28 heavy (non-hydrogen) atoms. The van der Waals surface area contributed by atoms with Gasteiger partial charge in [-0.1, -0.05) is 25.4 Å². The second-order valence-corrected chi connectivity index (χ2v) is 7.39. The van der Waals surface area contributed by atoms with Crippen LogP contribution in [0.25, 0.3) is 6.08 Å². The molecule has 2 rings (SSSR count). The van der Waals surface area contributed by atoms with E-state index in [1.165, 1.54) is 0 Å². The number of hydrogen-bond acceptors (Lipinski definition) is 5. The third kappa shape index (κ3) is 5.40.